The van der Waals surface area contributed by atoms with Crippen LogP contribution in [0.2, 0.25) is 0 Å². The number of hydrogen-bond acceptors (Lipinski definition) is 4. The molecule has 0 atom stereocenters. The van der Waals surface area contributed by atoms with Gasteiger partial charge in [0.15, 0.2) is 0 Å². The molecular weight excluding hydrogens is 248 g/mol. The van der Waals surface area contributed by atoms with Gasteiger partial charge in [0, 0.05) is 5.69 Å². The SMILES string of the molecule is NCC(=O)NCC(=O)Nc1ccc(CC(N)=O)cc1. The van der Waals surface area contributed by atoms with Crippen LogP contribution in [0.1, 0.15) is 5.56 Å². The largest absolute Gasteiger partial charge is 0.369 e. The second kappa shape index (κ2) is 7.12. The number of anilines is 1. The van der Waals surface area contributed by atoms with Crippen molar-refractivity contribution in [1.82, 2.24) is 5.32 Å². The van der Waals surface area contributed by atoms with Crippen LogP contribution in [0, 0.1) is 0 Å². The molecule has 0 fully saturated rings. The number of amides is 3. The summed E-state index contributed by atoms with van der Waals surface area (Å²) in [6.45, 7) is -0.297. The van der Waals surface area contributed by atoms with Crippen LogP contribution in [-0.2, 0) is 20.8 Å². The predicted octanol–water partition coefficient (Wildman–Crippen LogP) is -1.27. The van der Waals surface area contributed by atoms with Crippen molar-refractivity contribution in [3.05, 3.63) is 29.8 Å². The summed E-state index contributed by atoms with van der Waals surface area (Å²) < 4.78 is 0. The molecular formula is C12H16N4O3. The molecule has 1 aromatic rings. The Kier molecular flexibility index (Phi) is 5.49. The van der Waals surface area contributed by atoms with E-state index in [2.05, 4.69) is 10.6 Å². The summed E-state index contributed by atoms with van der Waals surface area (Å²) in [5.41, 5.74) is 11.5. The molecule has 19 heavy (non-hydrogen) atoms. The van der Waals surface area contributed by atoms with Crippen molar-refractivity contribution in [3.63, 3.8) is 0 Å². The molecule has 6 N–H and O–H groups in total. The quantitative estimate of drug-likeness (QED) is 0.510. The topological polar surface area (TPSA) is 127 Å². The summed E-state index contributed by atoms with van der Waals surface area (Å²) in [5.74, 6) is -1.17. The third-order valence-electron chi connectivity index (χ3n) is 2.25. The second-order valence-corrected chi connectivity index (χ2v) is 3.87. The summed E-state index contributed by atoms with van der Waals surface area (Å²) in [5, 5.41) is 4.94. The Labute approximate surface area is 110 Å². The molecule has 7 nitrogen and oxygen atoms in total. The van der Waals surface area contributed by atoms with E-state index in [1.165, 1.54) is 0 Å². The van der Waals surface area contributed by atoms with Gasteiger partial charge in [-0.05, 0) is 17.7 Å². The highest BCUT2D eigenvalue weighted by Gasteiger charge is 2.05. The van der Waals surface area contributed by atoms with E-state index >= 15 is 0 Å². The average Bonchev–Trinajstić information content (AvgIpc) is 2.37. The molecule has 3 amide bonds. The summed E-state index contributed by atoms with van der Waals surface area (Å²) in [4.78, 5) is 33.0. The van der Waals surface area contributed by atoms with Crippen molar-refractivity contribution in [3.8, 4) is 0 Å². The lowest BCUT2D eigenvalue weighted by molar-refractivity contribution is -0.123. The maximum absolute atomic E-state index is 11.5. The lowest BCUT2D eigenvalue weighted by atomic mass is 10.1. The molecule has 0 bridgehead atoms. The lowest BCUT2D eigenvalue weighted by Gasteiger charge is -2.07. The third kappa shape index (κ3) is 5.64. The standard InChI is InChI=1S/C12H16N4O3/c13-6-11(18)15-7-12(19)16-9-3-1-8(2-4-9)5-10(14)17/h1-4H,5-7,13H2,(H2,14,17)(H,15,18)(H,16,19). The van der Waals surface area contributed by atoms with Crippen LogP contribution in [0.15, 0.2) is 24.3 Å². The van der Waals surface area contributed by atoms with Crippen LogP contribution >= 0.6 is 0 Å². The first-order valence-electron chi connectivity index (χ1n) is 5.65. The number of benzene rings is 1. The maximum Gasteiger partial charge on any atom is 0.243 e. The molecule has 0 heterocycles. The first kappa shape index (κ1) is 14.7. The van der Waals surface area contributed by atoms with E-state index in [0.29, 0.717) is 5.69 Å². The maximum atomic E-state index is 11.5. The number of nitrogens with two attached hydrogens (primary N) is 2. The fraction of sp³-hybridized carbons (Fsp3) is 0.250. The van der Waals surface area contributed by atoms with Crippen LogP contribution in [0.4, 0.5) is 5.69 Å². The second-order valence-electron chi connectivity index (χ2n) is 3.87. The number of carbonyl (C=O) groups is 3. The van der Waals surface area contributed by atoms with Crippen LogP contribution in [0.25, 0.3) is 0 Å². The van der Waals surface area contributed by atoms with Crippen LogP contribution in [-0.4, -0.2) is 30.8 Å². The Hall–Kier alpha value is -2.41. The Bertz CT molecular complexity index is 470. The van der Waals surface area contributed by atoms with Crippen molar-refractivity contribution >= 4 is 23.4 Å². The molecule has 0 radical (unpaired) electrons. The summed E-state index contributed by atoms with van der Waals surface area (Å²) in [6.07, 6.45) is 0.154. The van der Waals surface area contributed by atoms with Gasteiger partial charge in [0.1, 0.15) is 0 Å². The van der Waals surface area contributed by atoms with E-state index in [0.717, 1.165) is 5.56 Å². The molecule has 0 saturated carbocycles. The summed E-state index contributed by atoms with van der Waals surface area (Å²) in [7, 11) is 0. The average molecular weight is 264 g/mol. The fourth-order valence-corrected chi connectivity index (χ4v) is 1.36. The Morgan fingerprint density at radius 1 is 1.05 bits per heavy atom. The molecule has 0 aliphatic rings. The highest BCUT2D eigenvalue weighted by atomic mass is 16.2. The summed E-state index contributed by atoms with van der Waals surface area (Å²) >= 11 is 0. The number of rotatable bonds is 6. The Morgan fingerprint density at radius 2 is 1.68 bits per heavy atom. The van der Waals surface area contributed by atoms with Gasteiger partial charge in [0.05, 0.1) is 19.5 Å². The third-order valence-corrected chi connectivity index (χ3v) is 2.25. The summed E-state index contributed by atoms with van der Waals surface area (Å²) in [6, 6.07) is 6.69. The minimum atomic E-state index is -0.415. The van der Waals surface area contributed by atoms with E-state index in [9.17, 15) is 14.4 Å². The van der Waals surface area contributed by atoms with Gasteiger partial charge >= 0.3 is 0 Å². The minimum absolute atomic E-state index is 0.140. The van der Waals surface area contributed by atoms with Gasteiger partial charge in [-0.25, -0.2) is 0 Å². The first-order valence-corrected chi connectivity index (χ1v) is 5.65. The number of carbonyl (C=O) groups excluding carboxylic acids is 3. The normalized spacial score (nSPS) is 9.74. The highest BCUT2D eigenvalue weighted by Crippen LogP contribution is 2.09. The van der Waals surface area contributed by atoms with E-state index in [1.807, 2.05) is 0 Å². The molecule has 0 aliphatic heterocycles. The zero-order chi connectivity index (χ0) is 14.3. The molecule has 1 aromatic carbocycles. The molecule has 0 saturated heterocycles. The van der Waals surface area contributed by atoms with Crippen molar-refractivity contribution < 1.29 is 14.4 Å². The lowest BCUT2D eigenvalue weighted by Crippen LogP contribution is -2.36. The van der Waals surface area contributed by atoms with Crippen molar-refractivity contribution in [2.75, 3.05) is 18.4 Å². The van der Waals surface area contributed by atoms with Gasteiger partial charge in [-0.15, -0.1) is 0 Å². The molecule has 0 aromatic heterocycles. The number of hydrogen-bond donors (Lipinski definition) is 4. The molecule has 102 valence electrons. The fourth-order valence-electron chi connectivity index (χ4n) is 1.36. The molecule has 0 spiro atoms. The Morgan fingerprint density at radius 3 is 2.21 bits per heavy atom. The minimum Gasteiger partial charge on any atom is -0.369 e. The number of primary amides is 1. The molecule has 1 rings (SSSR count). The molecule has 0 unspecified atom stereocenters. The Balaban J connectivity index is 2.46. The van der Waals surface area contributed by atoms with Gasteiger partial charge in [0.25, 0.3) is 0 Å². The molecule has 7 heteroatoms. The van der Waals surface area contributed by atoms with E-state index in [1.54, 1.807) is 24.3 Å². The predicted molar refractivity (Wildman–Crippen MR) is 70.0 cm³/mol. The molecule has 0 aliphatic carbocycles. The highest BCUT2D eigenvalue weighted by molar-refractivity contribution is 5.94. The van der Waals surface area contributed by atoms with Gasteiger partial charge in [-0.2, -0.15) is 0 Å². The van der Waals surface area contributed by atoms with Crippen LogP contribution in [0.5, 0.6) is 0 Å². The van der Waals surface area contributed by atoms with Gasteiger partial charge in [-0.3, -0.25) is 14.4 Å². The van der Waals surface area contributed by atoms with Crippen LogP contribution in [0.3, 0.4) is 0 Å². The van der Waals surface area contributed by atoms with E-state index in [-0.39, 0.29) is 25.4 Å². The monoisotopic (exact) mass is 264 g/mol. The smallest absolute Gasteiger partial charge is 0.243 e. The number of nitrogens with one attached hydrogen (secondary N) is 2. The van der Waals surface area contributed by atoms with Crippen LogP contribution < -0.4 is 22.1 Å². The van der Waals surface area contributed by atoms with E-state index < -0.39 is 11.8 Å². The van der Waals surface area contributed by atoms with Gasteiger partial charge < -0.3 is 22.1 Å². The van der Waals surface area contributed by atoms with Crippen molar-refractivity contribution in [2.45, 2.75) is 6.42 Å². The first-order chi connectivity index (χ1) is 9.01. The zero-order valence-corrected chi connectivity index (χ0v) is 10.3. The zero-order valence-electron chi connectivity index (χ0n) is 10.3. The van der Waals surface area contributed by atoms with Crippen molar-refractivity contribution in [2.24, 2.45) is 11.5 Å². The van der Waals surface area contributed by atoms with Crippen molar-refractivity contribution in [1.29, 1.82) is 0 Å². The van der Waals surface area contributed by atoms with Gasteiger partial charge in [-0.1, -0.05) is 12.1 Å². The van der Waals surface area contributed by atoms with Gasteiger partial charge in [0.2, 0.25) is 17.7 Å². The van der Waals surface area contributed by atoms with E-state index in [4.69, 9.17) is 11.5 Å².